The van der Waals surface area contributed by atoms with Gasteiger partial charge in [-0.1, -0.05) is 6.92 Å². The van der Waals surface area contributed by atoms with Crippen molar-refractivity contribution in [3.8, 4) is 0 Å². The number of esters is 1. The molecule has 0 bridgehead atoms. The number of ether oxygens (including phenoxy) is 1. The molecular weight excluding hydrogens is 296 g/mol. The molecule has 0 aliphatic rings. The molecule has 8 heteroatoms. The number of rotatable bonds is 6. The number of benzene rings is 1. The molecule has 0 spiro atoms. The number of hydrogen-bond donors (Lipinski definition) is 1. The number of sulfonamides is 1. The summed E-state index contributed by atoms with van der Waals surface area (Å²) < 4.78 is 30.4. The van der Waals surface area contributed by atoms with Crippen molar-refractivity contribution in [1.29, 1.82) is 0 Å². The van der Waals surface area contributed by atoms with Gasteiger partial charge < -0.3 is 10.1 Å². The van der Waals surface area contributed by atoms with Crippen LogP contribution in [0.15, 0.2) is 29.2 Å². The van der Waals surface area contributed by atoms with Crippen molar-refractivity contribution in [2.45, 2.75) is 11.8 Å². The van der Waals surface area contributed by atoms with Gasteiger partial charge in [-0.3, -0.25) is 4.79 Å². The van der Waals surface area contributed by atoms with E-state index in [1.807, 2.05) is 0 Å². The van der Waals surface area contributed by atoms with E-state index in [-0.39, 0.29) is 23.5 Å². The SMILES string of the molecule is CCN(CC(=O)NC)S(=O)(=O)c1ccc(C(=O)OC)cc1. The van der Waals surface area contributed by atoms with Crippen molar-refractivity contribution in [2.75, 3.05) is 27.2 Å². The first kappa shape index (κ1) is 17.1. The van der Waals surface area contributed by atoms with Gasteiger partial charge in [-0.25, -0.2) is 13.2 Å². The number of nitrogens with one attached hydrogen (secondary N) is 1. The molecular formula is C13H18N2O5S. The molecule has 1 amide bonds. The number of methoxy groups -OCH3 is 1. The highest BCUT2D eigenvalue weighted by Crippen LogP contribution is 2.16. The Balaban J connectivity index is 3.05. The van der Waals surface area contributed by atoms with Crippen molar-refractivity contribution in [1.82, 2.24) is 9.62 Å². The largest absolute Gasteiger partial charge is 0.465 e. The van der Waals surface area contributed by atoms with E-state index >= 15 is 0 Å². The minimum atomic E-state index is -3.79. The fraction of sp³-hybridized carbons (Fsp3) is 0.385. The summed E-state index contributed by atoms with van der Waals surface area (Å²) in [5.41, 5.74) is 0.255. The standard InChI is InChI=1S/C13H18N2O5S/c1-4-15(9-12(16)14-2)21(18,19)11-7-5-10(6-8-11)13(17)20-3/h5-8H,4,9H2,1-3H3,(H,14,16). The molecule has 7 nitrogen and oxygen atoms in total. The molecule has 1 rings (SSSR count). The summed E-state index contributed by atoms with van der Waals surface area (Å²) in [6, 6.07) is 5.36. The summed E-state index contributed by atoms with van der Waals surface area (Å²) in [6.45, 7) is 1.55. The Hall–Kier alpha value is -1.93. The Labute approximate surface area is 123 Å². The summed E-state index contributed by atoms with van der Waals surface area (Å²) in [5, 5.41) is 2.38. The lowest BCUT2D eigenvalue weighted by atomic mass is 10.2. The zero-order valence-electron chi connectivity index (χ0n) is 12.1. The lowest BCUT2D eigenvalue weighted by Gasteiger charge is -2.19. The summed E-state index contributed by atoms with van der Waals surface area (Å²) >= 11 is 0. The zero-order valence-corrected chi connectivity index (χ0v) is 12.9. The maximum atomic E-state index is 12.4. The molecule has 0 aromatic heterocycles. The summed E-state index contributed by atoms with van der Waals surface area (Å²) in [6.07, 6.45) is 0. The summed E-state index contributed by atoms with van der Waals surface area (Å²) in [5.74, 6) is -0.941. The van der Waals surface area contributed by atoms with Gasteiger partial charge in [-0.15, -0.1) is 0 Å². The number of carbonyl (C=O) groups excluding carboxylic acids is 2. The van der Waals surface area contributed by atoms with Crippen LogP contribution in [-0.2, 0) is 19.6 Å². The minimum Gasteiger partial charge on any atom is -0.465 e. The monoisotopic (exact) mass is 314 g/mol. The Morgan fingerprint density at radius 1 is 1.24 bits per heavy atom. The third-order valence-electron chi connectivity index (χ3n) is 2.86. The predicted octanol–water partition coefficient (Wildman–Crippen LogP) is 0.230. The van der Waals surface area contributed by atoms with E-state index < -0.39 is 21.9 Å². The molecule has 21 heavy (non-hydrogen) atoms. The molecule has 116 valence electrons. The number of amides is 1. The molecule has 0 atom stereocenters. The Morgan fingerprint density at radius 2 is 1.81 bits per heavy atom. The van der Waals surface area contributed by atoms with E-state index in [0.29, 0.717) is 0 Å². The van der Waals surface area contributed by atoms with Crippen LogP contribution in [0.3, 0.4) is 0 Å². The second-order valence-electron chi connectivity index (χ2n) is 4.12. The molecule has 0 saturated carbocycles. The van der Waals surface area contributed by atoms with Crippen molar-refractivity contribution >= 4 is 21.9 Å². The van der Waals surface area contributed by atoms with E-state index in [9.17, 15) is 18.0 Å². The first-order valence-corrected chi connectivity index (χ1v) is 7.70. The van der Waals surface area contributed by atoms with Crippen molar-refractivity contribution in [2.24, 2.45) is 0 Å². The number of carbonyl (C=O) groups is 2. The van der Waals surface area contributed by atoms with Gasteiger partial charge in [0.05, 0.1) is 24.1 Å². The Bertz CT molecular complexity index is 610. The van der Waals surface area contributed by atoms with Crippen LogP contribution < -0.4 is 5.32 Å². The van der Waals surface area contributed by atoms with Crippen LogP contribution in [0, 0.1) is 0 Å². The van der Waals surface area contributed by atoms with Crippen LogP contribution in [0.25, 0.3) is 0 Å². The normalized spacial score (nSPS) is 11.2. The zero-order chi connectivity index (χ0) is 16.0. The lowest BCUT2D eigenvalue weighted by Crippen LogP contribution is -2.39. The van der Waals surface area contributed by atoms with Crippen molar-refractivity contribution < 1.29 is 22.7 Å². The molecule has 1 aromatic rings. The van der Waals surface area contributed by atoms with Gasteiger partial charge in [0.1, 0.15) is 0 Å². The third-order valence-corrected chi connectivity index (χ3v) is 4.80. The van der Waals surface area contributed by atoms with Gasteiger partial charge in [0, 0.05) is 13.6 Å². The van der Waals surface area contributed by atoms with Gasteiger partial charge in [0.2, 0.25) is 15.9 Å². The second-order valence-corrected chi connectivity index (χ2v) is 6.06. The molecule has 0 fully saturated rings. The predicted molar refractivity (Wildman–Crippen MR) is 76.3 cm³/mol. The maximum absolute atomic E-state index is 12.4. The highest BCUT2D eigenvalue weighted by Gasteiger charge is 2.25. The van der Waals surface area contributed by atoms with Crippen LogP contribution in [0.5, 0.6) is 0 Å². The number of nitrogens with zero attached hydrogens (tertiary/aromatic N) is 1. The quantitative estimate of drug-likeness (QED) is 0.759. The molecule has 0 radical (unpaired) electrons. The van der Waals surface area contributed by atoms with Crippen molar-refractivity contribution in [3.63, 3.8) is 0 Å². The van der Waals surface area contributed by atoms with Gasteiger partial charge in [-0.05, 0) is 24.3 Å². The van der Waals surface area contributed by atoms with Crippen LogP contribution in [0.2, 0.25) is 0 Å². The van der Waals surface area contributed by atoms with Crippen LogP contribution in [0.4, 0.5) is 0 Å². The van der Waals surface area contributed by atoms with E-state index in [4.69, 9.17) is 0 Å². The fourth-order valence-corrected chi connectivity index (χ4v) is 3.04. The minimum absolute atomic E-state index is 0.0147. The topological polar surface area (TPSA) is 92.8 Å². The van der Waals surface area contributed by atoms with Gasteiger partial charge in [-0.2, -0.15) is 4.31 Å². The summed E-state index contributed by atoms with van der Waals surface area (Å²) in [4.78, 5) is 22.7. The molecule has 0 heterocycles. The second kappa shape index (κ2) is 7.19. The van der Waals surface area contributed by atoms with Crippen LogP contribution in [-0.4, -0.2) is 51.8 Å². The highest BCUT2D eigenvalue weighted by atomic mass is 32.2. The first-order chi connectivity index (χ1) is 9.86. The molecule has 0 aliphatic carbocycles. The van der Waals surface area contributed by atoms with Gasteiger partial charge >= 0.3 is 5.97 Å². The average molecular weight is 314 g/mol. The lowest BCUT2D eigenvalue weighted by molar-refractivity contribution is -0.120. The Kier molecular flexibility index (Phi) is 5.86. The highest BCUT2D eigenvalue weighted by molar-refractivity contribution is 7.89. The van der Waals surface area contributed by atoms with E-state index in [2.05, 4.69) is 10.1 Å². The third kappa shape index (κ3) is 4.02. The number of hydrogen-bond acceptors (Lipinski definition) is 5. The van der Waals surface area contributed by atoms with Crippen LogP contribution in [0.1, 0.15) is 17.3 Å². The molecule has 0 saturated heterocycles. The molecule has 0 unspecified atom stereocenters. The molecule has 1 aromatic carbocycles. The van der Waals surface area contributed by atoms with Crippen molar-refractivity contribution in [3.05, 3.63) is 29.8 Å². The fourth-order valence-electron chi connectivity index (χ4n) is 1.64. The number of likely N-dealkylation sites (N-methyl/N-ethyl adjacent to an activating group) is 2. The van der Waals surface area contributed by atoms with E-state index in [0.717, 1.165) is 4.31 Å². The Morgan fingerprint density at radius 3 is 2.24 bits per heavy atom. The summed E-state index contributed by atoms with van der Waals surface area (Å²) in [7, 11) is -1.10. The van der Waals surface area contributed by atoms with Crippen LogP contribution >= 0.6 is 0 Å². The van der Waals surface area contributed by atoms with Gasteiger partial charge in [0.15, 0.2) is 0 Å². The van der Waals surface area contributed by atoms with Gasteiger partial charge in [0.25, 0.3) is 0 Å². The molecule has 1 N–H and O–H groups in total. The smallest absolute Gasteiger partial charge is 0.337 e. The van der Waals surface area contributed by atoms with E-state index in [1.165, 1.54) is 38.4 Å². The maximum Gasteiger partial charge on any atom is 0.337 e. The van der Waals surface area contributed by atoms with E-state index in [1.54, 1.807) is 6.92 Å². The molecule has 0 aliphatic heterocycles. The average Bonchev–Trinajstić information content (AvgIpc) is 2.51. The first-order valence-electron chi connectivity index (χ1n) is 6.26.